The summed E-state index contributed by atoms with van der Waals surface area (Å²) in [6.45, 7) is 7.37. The number of benzene rings is 3. The molecular weight excluding hydrogens is 587 g/mol. The van der Waals surface area contributed by atoms with Gasteiger partial charge in [-0.15, -0.1) is 18.3 Å². The van der Waals surface area contributed by atoms with Crippen molar-refractivity contribution in [1.29, 1.82) is 0 Å². The Morgan fingerprint density at radius 3 is 2.55 bits per heavy atom. The van der Waals surface area contributed by atoms with Crippen molar-refractivity contribution in [2.45, 2.75) is 51.8 Å². The maximum absolute atomic E-state index is 13.0. The van der Waals surface area contributed by atoms with E-state index in [0.29, 0.717) is 29.8 Å². The summed E-state index contributed by atoms with van der Waals surface area (Å²) in [5.41, 5.74) is 6.24. The number of hydrogen-bond donors (Lipinski definition) is 0. The van der Waals surface area contributed by atoms with Gasteiger partial charge in [-0.2, -0.15) is 4.99 Å². The first-order valence-corrected chi connectivity index (χ1v) is 15.5. The van der Waals surface area contributed by atoms with E-state index in [2.05, 4.69) is 63.7 Å². The number of aryl methyl sites for hydroxylation is 1. The molecule has 1 saturated carbocycles. The number of rotatable bonds is 8. The zero-order valence-corrected chi connectivity index (χ0v) is 25.4. The number of nitrogens with zero attached hydrogens (tertiary/aromatic N) is 5. The van der Waals surface area contributed by atoms with Crippen molar-refractivity contribution in [3.05, 3.63) is 89.7 Å². The third-order valence-corrected chi connectivity index (χ3v) is 8.91. The summed E-state index contributed by atoms with van der Waals surface area (Å²) >= 11 is 1.64. The Hall–Kier alpha value is -4.12. The van der Waals surface area contributed by atoms with Gasteiger partial charge >= 0.3 is 6.36 Å². The molecule has 228 valence electrons. The molecule has 1 saturated heterocycles. The number of amides is 1. The van der Waals surface area contributed by atoms with E-state index >= 15 is 0 Å². The number of aromatic nitrogens is 3. The van der Waals surface area contributed by atoms with Crippen LogP contribution >= 0.6 is 11.8 Å². The van der Waals surface area contributed by atoms with Crippen LogP contribution < -0.4 is 9.64 Å². The Bertz CT molecular complexity index is 1680. The lowest BCUT2D eigenvalue weighted by Crippen LogP contribution is -2.26. The lowest BCUT2D eigenvalue weighted by atomic mass is 9.95. The van der Waals surface area contributed by atoms with E-state index in [9.17, 15) is 18.0 Å². The molecule has 0 spiro atoms. The molecule has 4 aromatic rings. The minimum atomic E-state index is -4.74. The third-order valence-electron chi connectivity index (χ3n) is 7.95. The molecule has 2 unspecified atom stereocenters. The lowest BCUT2D eigenvalue weighted by Gasteiger charge is -2.24. The number of amidine groups is 1. The van der Waals surface area contributed by atoms with Gasteiger partial charge in [-0.3, -0.25) is 4.79 Å². The van der Waals surface area contributed by atoms with E-state index in [1.807, 2.05) is 24.3 Å². The topological polar surface area (TPSA) is 72.6 Å². The van der Waals surface area contributed by atoms with Crippen LogP contribution in [0.5, 0.6) is 5.75 Å². The van der Waals surface area contributed by atoms with Crippen molar-refractivity contribution >= 4 is 28.5 Å². The molecule has 0 N–H and O–H groups in total. The first-order valence-electron chi connectivity index (χ1n) is 14.6. The molecular formula is C33H32F3N5O2S. The van der Waals surface area contributed by atoms with E-state index < -0.39 is 6.36 Å². The van der Waals surface area contributed by atoms with Gasteiger partial charge in [-0.1, -0.05) is 62.0 Å². The Balaban J connectivity index is 1.07. The van der Waals surface area contributed by atoms with Gasteiger partial charge < -0.3 is 9.64 Å². The minimum Gasteiger partial charge on any atom is -0.406 e. The van der Waals surface area contributed by atoms with Crippen molar-refractivity contribution in [3.8, 4) is 22.8 Å². The highest BCUT2D eigenvalue weighted by Gasteiger charge is 2.40. The Morgan fingerprint density at radius 1 is 1.09 bits per heavy atom. The molecule has 0 radical (unpaired) electrons. The number of carbonyl (C=O) groups is 1. The number of hydrogen-bond acceptors (Lipinski definition) is 5. The highest BCUT2D eigenvalue weighted by Crippen LogP contribution is 2.50. The molecule has 11 heteroatoms. The smallest absolute Gasteiger partial charge is 0.406 e. The molecule has 1 aromatic heterocycles. The highest BCUT2D eigenvalue weighted by atomic mass is 32.2. The number of thioether (sulfide) groups is 1. The number of ether oxygens (including phenoxy) is 1. The molecule has 2 atom stereocenters. The first kappa shape index (κ1) is 29.9. The molecule has 0 bridgehead atoms. The van der Waals surface area contributed by atoms with Gasteiger partial charge in [0.2, 0.25) is 5.91 Å². The maximum Gasteiger partial charge on any atom is 0.573 e. The SMILES string of the molecule is Cc1cccc(N2CCSC2=NC(=O)CC2CC2c2ccc(-c3ncn(-c4ccc(OC(F)(F)F)cc4)n3)cc2)c1C(C)C. The zero-order chi connectivity index (χ0) is 31.0. The van der Waals surface area contributed by atoms with Crippen molar-refractivity contribution in [1.82, 2.24) is 14.8 Å². The largest absolute Gasteiger partial charge is 0.573 e. The van der Waals surface area contributed by atoms with E-state index in [0.717, 1.165) is 40.7 Å². The fourth-order valence-corrected chi connectivity index (χ4v) is 6.80. The van der Waals surface area contributed by atoms with Gasteiger partial charge in [0.1, 0.15) is 12.1 Å². The predicted molar refractivity (Wildman–Crippen MR) is 166 cm³/mol. The average molecular weight is 620 g/mol. The van der Waals surface area contributed by atoms with Gasteiger partial charge in [0.25, 0.3) is 0 Å². The van der Waals surface area contributed by atoms with Crippen LogP contribution in [0.3, 0.4) is 0 Å². The highest BCUT2D eigenvalue weighted by molar-refractivity contribution is 8.14. The summed E-state index contributed by atoms with van der Waals surface area (Å²) < 4.78 is 42.7. The van der Waals surface area contributed by atoms with Gasteiger partial charge in [-0.25, -0.2) is 9.67 Å². The number of alkyl halides is 3. The van der Waals surface area contributed by atoms with Crippen molar-refractivity contribution in [3.63, 3.8) is 0 Å². The zero-order valence-electron chi connectivity index (χ0n) is 24.6. The van der Waals surface area contributed by atoms with Crippen LogP contribution in [0.1, 0.15) is 55.2 Å². The molecule has 7 nitrogen and oxygen atoms in total. The second-order valence-electron chi connectivity index (χ2n) is 11.4. The number of anilines is 1. The van der Waals surface area contributed by atoms with Crippen LogP contribution in [-0.4, -0.2) is 44.5 Å². The molecule has 6 rings (SSSR count). The second kappa shape index (κ2) is 12.1. The van der Waals surface area contributed by atoms with Crippen LogP contribution in [0, 0.1) is 12.8 Å². The summed E-state index contributed by atoms with van der Waals surface area (Å²) in [5, 5.41) is 5.27. The van der Waals surface area contributed by atoms with Crippen molar-refractivity contribution in [2.24, 2.45) is 10.9 Å². The summed E-state index contributed by atoms with van der Waals surface area (Å²) in [7, 11) is 0. The normalized spacial score (nSPS) is 19.2. The van der Waals surface area contributed by atoms with Gasteiger partial charge in [0, 0.05) is 30.0 Å². The summed E-state index contributed by atoms with van der Waals surface area (Å²) in [6, 6.07) is 19.8. The van der Waals surface area contributed by atoms with Crippen LogP contribution in [-0.2, 0) is 4.79 Å². The molecule has 1 aliphatic carbocycles. The van der Waals surface area contributed by atoms with Crippen LogP contribution in [0.15, 0.2) is 78.0 Å². The summed E-state index contributed by atoms with van der Waals surface area (Å²) in [6.07, 6.45) is -1.86. The summed E-state index contributed by atoms with van der Waals surface area (Å²) in [5.74, 6) is 1.99. The Morgan fingerprint density at radius 2 is 1.84 bits per heavy atom. The van der Waals surface area contributed by atoms with E-state index in [1.165, 1.54) is 46.4 Å². The van der Waals surface area contributed by atoms with Crippen LogP contribution in [0.4, 0.5) is 18.9 Å². The van der Waals surface area contributed by atoms with Crippen LogP contribution in [0.25, 0.3) is 17.1 Å². The van der Waals surface area contributed by atoms with Crippen LogP contribution in [0.2, 0.25) is 0 Å². The number of carbonyl (C=O) groups excluding carboxylic acids is 1. The second-order valence-corrected chi connectivity index (χ2v) is 12.5. The van der Waals surface area contributed by atoms with E-state index in [1.54, 1.807) is 11.8 Å². The van der Waals surface area contributed by atoms with E-state index in [4.69, 9.17) is 0 Å². The molecule has 2 fully saturated rings. The summed E-state index contributed by atoms with van der Waals surface area (Å²) in [4.78, 5) is 24.1. The van der Waals surface area contributed by atoms with Gasteiger partial charge in [-0.05, 0) is 78.1 Å². The molecule has 3 aromatic carbocycles. The Kier molecular flexibility index (Phi) is 8.24. The lowest BCUT2D eigenvalue weighted by molar-refractivity contribution is -0.274. The minimum absolute atomic E-state index is 0.0741. The molecule has 2 aliphatic rings. The maximum atomic E-state index is 13.0. The van der Waals surface area contributed by atoms with Gasteiger partial charge in [0.05, 0.1) is 5.69 Å². The quantitative estimate of drug-likeness (QED) is 0.200. The van der Waals surface area contributed by atoms with Crippen molar-refractivity contribution in [2.75, 3.05) is 17.2 Å². The first-order chi connectivity index (χ1) is 21.1. The molecule has 1 amide bonds. The fraction of sp³-hybridized carbons (Fsp3) is 0.333. The molecule has 1 aliphatic heterocycles. The molecule has 2 heterocycles. The monoisotopic (exact) mass is 619 g/mol. The third kappa shape index (κ3) is 6.67. The number of halogens is 3. The van der Waals surface area contributed by atoms with E-state index in [-0.39, 0.29) is 17.6 Å². The Labute approximate surface area is 258 Å². The predicted octanol–water partition coefficient (Wildman–Crippen LogP) is 7.89. The standard InChI is InChI=1S/C33H32F3N5O2S/c1-20(2)30-21(3)5-4-6-28(30)40-15-16-44-32(40)38-29(42)18-24-17-27(24)22-7-9-23(10-8-22)31-37-19-41(39-31)25-11-13-26(14-12-25)43-33(34,35)36/h4-14,19-20,24,27H,15-18H2,1-3H3. The van der Waals surface area contributed by atoms with Crippen molar-refractivity contribution < 1.29 is 22.7 Å². The number of aliphatic imine (C=N–C) groups is 1. The van der Waals surface area contributed by atoms with Gasteiger partial charge in [0.15, 0.2) is 11.0 Å². The molecule has 44 heavy (non-hydrogen) atoms. The average Bonchev–Trinajstić information content (AvgIpc) is 3.33. The fourth-order valence-electron chi connectivity index (χ4n) is 5.83.